The highest BCUT2D eigenvalue weighted by molar-refractivity contribution is 5.65. The van der Waals surface area contributed by atoms with E-state index in [-0.39, 0.29) is 5.82 Å². The van der Waals surface area contributed by atoms with Gasteiger partial charge in [-0.2, -0.15) is 0 Å². The summed E-state index contributed by atoms with van der Waals surface area (Å²) in [6.07, 6.45) is 0. The maximum Gasteiger partial charge on any atom is 0.131 e. The molecule has 20 heavy (non-hydrogen) atoms. The molecule has 0 N–H and O–H groups in total. The molecule has 0 aliphatic heterocycles. The Morgan fingerprint density at radius 3 is 2.15 bits per heavy atom. The minimum absolute atomic E-state index is 0.232. The van der Waals surface area contributed by atoms with Gasteiger partial charge in [0.2, 0.25) is 0 Å². The lowest BCUT2D eigenvalue weighted by atomic mass is 10.1. The van der Waals surface area contributed by atoms with Gasteiger partial charge in [0.15, 0.2) is 0 Å². The van der Waals surface area contributed by atoms with Crippen LogP contribution in [0.15, 0.2) is 78.9 Å². The summed E-state index contributed by atoms with van der Waals surface area (Å²) in [5, 5.41) is 0. The first-order chi connectivity index (χ1) is 9.83. The third-order valence-corrected chi connectivity index (χ3v) is 3.00. The summed E-state index contributed by atoms with van der Waals surface area (Å²) in [6, 6.07) is 23.7. The van der Waals surface area contributed by atoms with Gasteiger partial charge in [-0.25, -0.2) is 4.39 Å². The zero-order valence-corrected chi connectivity index (χ0v) is 10.8. The van der Waals surface area contributed by atoms with Crippen LogP contribution in [-0.2, 0) is 0 Å². The monoisotopic (exact) mass is 264 g/mol. The van der Waals surface area contributed by atoms with Crippen molar-refractivity contribution in [1.82, 2.24) is 0 Å². The van der Waals surface area contributed by atoms with E-state index in [2.05, 4.69) is 0 Å². The Bertz CT molecular complexity index is 707. The summed E-state index contributed by atoms with van der Waals surface area (Å²) in [5.41, 5.74) is 1.38. The molecule has 0 aliphatic rings. The Hall–Kier alpha value is -2.61. The summed E-state index contributed by atoms with van der Waals surface area (Å²) in [6.45, 7) is 0. The number of hydrogen-bond donors (Lipinski definition) is 0. The van der Waals surface area contributed by atoms with Gasteiger partial charge < -0.3 is 4.74 Å². The molecule has 1 nitrogen and oxygen atoms in total. The lowest BCUT2D eigenvalue weighted by Gasteiger charge is -2.08. The first-order valence-electron chi connectivity index (χ1n) is 6.41. The Kier molecular flexibility index (Phi) is 3.46. The zero-order chi connectivity index (χ0) is 13.8. The van der Waals surface area contributed by atoms with Crippen LogP contribution in [0, 0.1) is 5.82 Å². The van der Waals surface area contributed by atoms with Gasteiger partial charge in [0.1, 0.15) is 17.3 Å². The van der Waals surface area contributed by atoms with Crippen LogP contribution in [-0.4, -0.2) is 0 Å². The molecule has 0 atom stereocenters. The maximum absolute atomic E-state index is 13.8. The van der Waals surface area contributed by atoms with Crippen LogP contribution in [0.1, 0.15) is 0 Å². The van der Waals surface area contributed by atoms with Crippen LogP contribution < -0.4 is 4.74 Å². The first kappa shape index (κ1) is 12.4. The van der Waals surface area contributed by atoms with E-state index in [0.29, 0.717) is 11.3 Å². The van der Waals surface area contributed by atoms with Crippen molar-refractivity contribution in [1.29, 1.82) is 0 Å². The third kappa shape index (κ3) is 2.69. The molecule has 0 radical (unpaired) electrons. The van der Waals surface area contributed by atoms with Crippen LogP contribution in [0.25, 0.3) is 11.1 Å². The van der Waals surface area contributed by atoms with Crippen molar-refractivity contribution >= 4 is 0 Å². The van der Waals surface area contributed by atoms with Crippen molar-refractivity contribution in [2.45, 2.75) is 0 Å². The van der Waals surface area contributed by atoms with E-state index in [9.17, 15) is 4.39 Å². The van der Waals surface area contributed by atoms with Crippen LogP contribution in [0.5, 0.6) is 11.5 Å². The highest BCUT2D eigenvalue weighted by Crippen LogP contribution is 2.28. The number of rotatable bonds is 3. The number of ether oxygens (including phenoxy) is 1. The predicted molar refractivity (Wildman–Crippen MR) is 78.4 cm³/mol. The second-order valence-electron chi connectivity index (χ2n) is 4.42. The second-order valence-corrected chi connectivity index (χ2v) is 4.42. The van der Waals surface area contributed by atoms with Gasteiger partial charge >= 0.3 is 0 Å². The molecule has 0 fully saturated rings. The average molecular weight is 264 g/mol. The Balaban J connectivity index is 1.92. The van der Waals surface area contributed by atoms with Gasteiger partial charge in [-0.1, -0.05) is 48.5 Å². The molecule has 0 unspecified atom stereocenters. The molecule has 2 heteroatoms. The van der Waals surface area contributed by atoms with Gasteiger partial charge in [-0.3, -0.25) is 0 Å². The molecular weight excluding hydrogens is 251 g/mol. The van der Waals surface area contributed by atoms with Gasteiger partial charge in [-0.15, -0.1) is 0 Å². The third-order valence-electron chi connectivity index (χ3n) is 3.00. The van der Waals surface area contributed by atoms with E-state index in [0.717, 1.165) is 11.3 Å². The van der Waals surface area contributed by atoms with Crippen molar-refractivity contribution in [3.05, 3.63) is 84.7 Å². The van der Waals surface area contributed by atoms with E-state index in [1.54, 1.807) is 12.1 Å². The van der Waals surface area contributed by atoms with Crippen molar-refractivity contribution in [2.24, 2.45) is 0 Å². The predicted octanol–water partition coefficient (Wildman–Crippen LogP) is 5.29. The Morgan fingerprint density at radius 2 is 1.35 bits per heavy atom. The molecule has 3 aromatic carbocycles. The fraction of sp³-hybridized carbons (Fsp3) is 0. The quantitative estimate of drug-likeness (QED) is 0.625. The van der Waals surface area contributed by atoms with Gasteiger partial charge in [0.25, 0.3) is 0 Å². The molecule has 0 saturated heterocycles. The zero-order valence-electron chi connectivity index (χ0n) is 10.8. The average Bonchev–Trinajstić information content (AvgIpc) is 2.49. The molecular formula is C18H13FO. The SMILES string of the molecule is Fc1ccccc1-c1cccc(Oc2ccccc2)c1. The highest BCUT2D eigenvalue weighted by atomic mass is 19.1. The number of para-hydroxylation sites is 1. The molecule has 0 bridgehead atoms. The number of hydrogen-bond acceptors (Lipinski definition) is 1. The largest absolute Gasteiger partial charge is 0.457 e. The van der Waals surface area contributed by atoms with Crippen LogP contribution >= 0.6 is 0 Å². The smallest absolute Gasteiger partial charge is 0.131 e. The molecule has 98 valence electrons. The summed E-state index contributed by atoms with van der Waals surface area (Å²) < 4.78 is 19.6. The lowest BCUT2D eigenvalue weighted by Crippen LogP contribution is -1.86. The minimum Gasteiger partial charge on any atom is -0.457 e. The fourth-order valence-corrected chi connectivity index (χ4v) is 2.05. The highest BCUT2D eigenvalue weighted by Gasteiger charge is 2.05. The minimum atomic E-state index is -0.232. The van der Waals surface area contributed by atoms with Crippen molar-refractivity contribution in [2.75, 3.05) is 0 Å². The van der Waals surface area contributed by atoms with Crippen molar-refractivity contribution < 1.29 is 9.13 Å². The Labute approximate surface area is 117 Å². The fourth-order valence-electron chi connectivity index (χ4n) is 2.05. The first-order valence-corrected chi connectivity index (χ1v) is 6.41. The second kappa shape index (κ2) is 5.57. The van der Waals surface area contributed by atoms with E-state index < -0.39 is 0 Å². The van der Waals surface area contributed by atoms with Gasteiger partial charge in [-0.05, 0) is 35.9 Å². The van der Waals surface area contributed by atoms with Gasteiger partial charge in [0, 0.05) is 5.56 Å². The summed E-state index contributed by atoms with van der Waals surface area (Å²) in [5.74, 6) is 1.22. The molecule has 0 aromatic heterocycles. The van der Waals surface area contributed by atoms with E-state index in [1.165, 1.54) is 6.07 Å². The van der Waals surface area contributed by atoms with Crippen molar-refractivity contribution in [3.63, 3.8) is 0 Å². The summed E-state index contributed by atoms with van der Waals surface area (Å²) >= 11 is 0. The van der Waals surface area contributed by atoms with E-state index in [1.807, 2.05) is 60.7 Å². The number of halogens is 1. The lowest BCUT2D eigenvalue weighted by molar-refractivity contribution is 0.483. The summed E-state index contributed by atoms with van der Waals surface area (Å²) in [7, 11) is 0. The normalized spacial score (nSPS) is 10.2. The van der Waals surface area contributed by atoms with Crippen LogP contribution in [0.3, 0.4) is 0 Å². The molecule has 0 heterocycles. The van der Waals surface area contributed by atoms with Crippen LogP contribution in [0.4, 0.5) is 4.39 Å². The van der Waals surface area contributed by atoms with E-state index in [4.69, 9.17) is 4.74 Å². The molecule has 0 amide bonds. The topological polar surface area (TPSA) is 9.23 Å². The van der Waals surface area contributed by atoms with Crippen molar-refractivity contribution in [3.8, 4) is 22.6 Å². The van der Waals surface area contributed by atoms with Gasteiger partial charge in [0.05, 0.1) is 0 Å². The molecule has 3 rings (SSSR count). The molecule has 0 saturated carbocycles. The standard InChI is InChI=1S/C18H13FO/c19-18-12-5-4-11-17(18)14-7-6-10-16(13-14)20-15-8-2-1-3-9-15/h1-13H. The summed E-state index contributed by atoms with van der Waals surface area (Å²) in [4.78, 5) is 0. The molecule has 0 aliphatic carbocycles. The molecule has 3 aromatic rings. The number of benzene rings is 3. The maximum atomic E-state index is 13.8. The van der Waals surface area contributed by atoms with Crippen LogP contribution in [0.2, 0.25) is 0 Å². The Morgan fingerprint density at radius 1 is 0.650 bits per heavy atom. The van der Waals surface area contributed by atoms with E-state index >= 15 is 0 Å². The molecule has 0 spiro atoms.